The number of benzene rings is 1. The number of alkyl halides is 3. The molecule has 0 spiro atoms. The maximum absolute atomic E-state index is 13.2. The summed E-state index contributed by atoms with van der Waals surface area (Å²) in [5.41, 5.74) is 1.21. The fourth-order valence-corrected chi connectivity index (χ4v) is 7.24. The van der Waals surface area contributed by atoms with Crippen molar-refractivity contribution in [1.29, 1.82) is 0 Å². The minimum absolute atomic E-state index is 0.184. The van der Waals surface area contributed by atoms with E-state index < -0.39 is 34.8 Å². The second-order valence-electron chi connectivity index (χ2n) is 10.8. The molecular weight excluding hydrogens is 561 g/mol. The Labute approximate surface area is 236 Å². The van der Waals surface area contributed by atoms with Crippen molar-refractivity contribution < 1.29 is 28.2 Å². The number of nitrogens with zero attached hydrogens (tertiary/aromatic N) is 3. The number of aromatic nitrogens is 3. The molecule has 0 saturated heterocycles. The number of thiophene rings is 1. The molecule has 2 atom stereocenters. The third kappa shape index (κ3) is 5.61. The van der Waals surface area contributed by atoms with Crippen LogP contribution in [0.15, 0.2) is 47.4 Å². The van der Waals surface area contributed by atoms with E-state index in [1.165, 1.54) is 11.3 Å². The number of hydrogen-bond acceptors (Lipinski definition) is 8. The van der Waals surface area contributed by atoms with Crippen LogP contribution in [0.25, 0.3) is 21.6 Å². The van der Waals surface area contributed by atoms with Crippen molar-refractivity contribution in [3.8, 4) is 21.6 Å². The standard InChI is InChI=1S/C28H27F3N4O3S2/c1-15-12-39-13-19(15)16-8-17(10-18(9-16)34-25-32-7-5-22(35-25)28(29,30)31)21-11-33-24(40-21)27(38)6-4-20(23(36)37)26(2,3)14-27/h5,7-13,20,38H,4,6,14H2,1-3H3,(H,36,37)(H,32,34,35). The fourth-order valence-electron chi connectivity index (χ4n) is 5.36. The van der Waals surface area contributed by atoms with Gasteiger partial charge in [0.2, 0.25) is 5.95 Å². The van der Waals surface area contributed by atoms with Crippen LogP contribution in [0, 0.1) is 18.3 Å². The molecule has 3 aromatic heterocycles. The molecule has 40 heavy (non-hydrogen) atoms. The first-order chi connectivity index (χ1) is 18.7. The third-order valence-corrected chi connectivity index (χ3v) is 9.43. The van der Waals surface area contributed by atoms with E-state index in [9.17, 15) is 28.2 Å². The Balaban J connectivity index is 1.51. The Kier molecular flexibility index (Phi) is 7.22. The van der Waals surface area contributed by atoms with E-state index in [0.717, 1.165) is 39.4 Å². The first-order valence-electron chi connectivity index (χ1n) is 12.5. The number of nitrogens with one attached hydrogen (secondary N) is 1. The van der Waals surface area contributed by atoms with E-state index in [4.69, 9.17) is 0 Å². The topological polar surface area (TPSA) is 108 Å². The molecule has 0 bridgehead atoms. The Morgan fingerprint density at radius 3 is 2.55 bits per heavy atom. The second kappa shape index (κ2) is 10.2. The maximum atomic E-state index is 13.2. The Bertz CT molecular complexity index is 1570. The van der Waals surface area contributed by atoms with E-state index in [1.54, 1.807) is 23.6 Å². The predicted octanol–water partition coefficient (Wildman–Crippen LogP) is 7.50. The zero-order chi connectivity index (χ0) is 28.9. The Hall–Kier alpha value is -3.35. The Morgan fingerprint density at radius 1 is 1.15 bits per heavy atom. The SMILES string of the molecule is Cc1cscc1-c1cc(Nc2nccc(C(F)(F)F)n2)cc(-c2cnc(C3(O)CCC(C(=O)O)C(C)(C)C3)s2)c1. The summed E-state index contributed by atoms with van der Waals surface area (Å²) in [4.78, 5) is 24.6. The van der Waals surface area contributed by atoms with Crippen LogP contribution in [0.5, 0.6) is 0 Å². The van der Waals surface area contributed by atoms with Crippen LogP contribution in [0.3, 0.4) is 0 Å². The summed E-state index contributed by atoms with van der Waals surface area (Å²) in [6.45, 7) is 5.69. The van der Waals surface area contributed by atoms with E-state index >= 15 is 0 Å². The largest absolute Gasteiger partial charge is 0.481 e. The zero-order valence-corrected chi connectivity index (χ0v) is 23.5. The van der Waals surface area contributed by atoms with Crippen molar-refractivity contribution in [1.82, 2.24) is 15.0 Å². The van der Waals surface area contributed by atoms with E-state index in [0.29, 0.717) is 17.1 Å². The van der Waals surface area contributed by atoms with Gasteiger partial charge in [0.25, 0.3) is 0 Å². The first kappa shape index (κ1) is 28.2. The minimum Gasteiger partial charge on any atom is -0.481 e. The van der Waals surface area contributed by atoms with Crippen molar-refractivity contribution >= 4 is 40.3 Å². The lowest BCUT2D eigenvalue weighted by Gasteiger charge is -2.44. The van der Waals surface area contributed by atoms with Crippen molar-refractivity contribution in [3.63, 3.8) is 0 Å². The van der Waals surface area contributed by atoms with Gasteiger partial charge in [-0.25, -0.2) is 15.0 Å². The van der Waals surface area contributed by atoms with Gasteiger partial charge in [-0.15, -0.1) is 11.3 Å². The lowest BCUT2D eigenvalue weighted by molar-refractivity contribution is -0.154. The normalized spacial score (nSPS) is 20.8. The highest BCUT2D eigenvalue weighted by Gasteiger charge is 2.49. The number of carboxylic acids is 1. The van der Waals surface area contributed by atoms with Crippen molar-refractivity contribution in [2.24, 2.45) is 11.3 Å². The molecule has 12 heteroatoms. The molecule has 5 rings (SSSR count). The number of carbonyl (C=O) groups is 1. The number of aliphatic hydroxyl groups is 1. The number of hydrogen-bond donors (Lipinski definition) is 3. The Morgan fingerprint density at radius 2 is 1.90 bits per heavy atom. The lowest BCUT2D eigenvalue weighted by Crippen LogP contribution is -2.44. The number of aliphatic carboxylic acids is 1. The second-order valence-corrected chi connectivity index (χ2v) is 12.6. The molecule has 1 aromatic carbocycles. The quantitative estimate of drug-likeness (QED) is 0.214. The molecule has 2 unspecified atom stereocenters. The van der Waals surface area contributed by atoms with Gasteiger partial charge in [0, 0.05) is 18.1 Å². The number of halogens is 3. The summed E-state index contributed by atoms with van der Waals surface area (Å²) >= 11 is 2.87. The molecule has 0 radical (unpaired) electrons. The molecule has 1 fully saturated rings. The summed E-state index contributed by atoms with van der Waals surface area (Å²) in [5.74, 6) is -1.60. The van der Waals surface area contributed by atoms with Gasteiger partial charge >= 0.3 is 12.1 Å². The van der Waals surface area contributed by atoms with Crippen LogP contribution in [0.4, 0.5) is 24.8 Å². The third-order valence-electron chi connectivity index (χ3n) is 7.33. The molecule has 1 aliphatic carbocycles. The zero-order valence-electron chi connectivity index (χ0n) is 21.9. The van der Waals surface area contributed by atoms with Crippen LogP contribution in [0.2, 0.25) is 0 Å². The monoisotopic (exact) mass is 588 g/mol. The van der Waals surface area contributed by atoms with E-state index in [1.807, 2.05) is 43.7 Å². The average Bonchev–Trinajstić information content (AvgIpc) is 3.52. The van der Waals surface area contributed by atoms with Gasteiger partial charge in [0.1, 0.15) is 16.3 Å². The molecule has 3 N–H and O–H groups in total. The van der Waals surface area contributed by atoms with Gasteiger partial charge in [-0.1, -0.05) is 13.8 Å². The molecule has 0 aliphatic heterocycles. The molecule has 4 aromatic rings. The predicted molar refractivity (Wildman–Crippen MR) is 149 cm³/mol. The van der Waals surface area contributed by atoms with Crippen LogP contribution in [-0.2, 0) is 16.6 Å². The van der Waals surface area contributed by atoms with Gasteiger partial charge < -0.3 is 15.5 Å². The molecule has 7 nitrogen and oxygen atoms in total. The smallest absolute Gasteiger partial charge is 0.433 e. The highest BCUT2D eigenvalue weighted by Crippen LogP contribution is 2.51. The highest BCUT2D eigenvalue weighted by molar-refractivity contribution is 7.15. The molecule has 0 amide bonds. The van der Waals surface area contributed by atoms with E-state index in [2.05, 4.69) is 20.3 Å². The van der Waals surface area contributed by atoms with Crippen molar-refractivity contribution in [2.75, 3.05) is 5.32 Å². The average molecular weight is 589 g/mol. The highest BCUT2D eigenvalue weighted by atomic mass is 32.1. The van der Waals surface area contributed by atoms with Crippen LogP contribution in [0.1, 0.15) is 49.4 Å². The van der Waals surface area contributed by atoms with Gasteiger partial charge in [-0.3, -0.25) is 4.79 Å². The number of anilines is 2. The number of carboxylic acid groups (broad SMARTS) is 1. The molecule has 1 aliphatic rings. The minimum atomic E-state index is -4.60. The molecule has 1 saturated carbocycles. The van der Waals surface area contributed by atoms with Gasteiger partial charge in [-0.2, -0.15) is 24.5 Å². The summed E-state index contributed by atoms with van der Waals surface area (Å²) in [6.07, 6.45) is -0.990. The summed E-state index contributed by atoms with van der Waals surface area (Å²) in [7, 11) is 0. The molecular formula is C28H27F3N4O3S2. The maximum Gasteiger partial charge on any atom is 0.433 e. The van der Waals surface area contributed by atoms with Crippen molar-refractivity contribution in [2.45, 2.75) is 51.8 Å². The fraction of sp³-hybridized carbons (Fsp3) is 0.357. The summed E-state index contributed by atoms with van der Waals surface area (Å²) < 4.78 is 39.6. The van der Waals surface area contributed by atoms with Crippen molar-refractivity contribution in [3.05, 3.63) is 63.7 Å². The number of rotatable bonds is 6. The molecule has 210 valence electrons. The summed E-state index contributed by atoms with van der Waals surface area (Å²) in [5, 5.41) is 28.6. The first-order valence-corrected chi connectivity index (χ1v) is 14.3. The van der Waals surface area contributed by atoms with E-state index in [-0.39, 0.29) is 18.8 Å². The number of thiazole rings is 1. The van der Waals surface area contributed by atoms with Crippen LogP contribution in [-0.4, -0.2) is 31.1 Å². The number of aryl methyl sites for hydroxylation is 1. The van der Waals surface area contributed by atoms with Crippen LogP contribution < -0.4 is 5.32 Å². The molecule has 3 heterocycles. The van der Waals surface area contributed by atoms with Gasteiger partial charge in [0.05, 0.1) is 10.8 Å². The van der Waals surface area contributed by atoms with Gasteiger partial charge in [0.15, 0.2) is 0 Å². The van der Waals surface area contributed by atoms with Crippen LogP contribution >= 0.6 is 22.7 Å². The summed E-state index contributed by atoms with van der Waals surface area (Å²) in [6, 6.07) is 6.39. The van der Waals surface area contributed by atoms with Gasteiger partial charge in [-0.05, 0) is 88.9 Å². The lowest BCUT2D eigenvalue weighted by atomic mass is 9.63.